The van der Waals surface area contributed by atoms with Crippen molar-refractivity contribution < 1.29 is 14.0 Å². The molecule has 0 atom stereocenters. The van der Waals surface area contributed by atoms with Gasteiger partial charge in [0.25, 0.3) is 0 Å². The molecule has 1 heterocycles. The molecule has 1 N–H and O–H groups in total. The highest BCUT2D eigenvalue weighted by Gasteiger charge is 2.22. The minimum absolute atomic E-state index is 0.0580. The number of halogens is 1. The van der Waals surface area contributed by atoms with Gasteiger partial charge >= 0.3 is 0 Å². The second kappa shape index (κ2) is 8.05. The summed E-state index contributed by atoms with van der Waals surface area (Å²) >= 11 is 3.38. The smallest absolute Gasteiger partial charge is 0.230 e. The Kier molecular flexibility index (Phi) is 5.32. The van der Waals surface area contributed by atoms with Crippen LogP contribution < -0.4 is 5.32 Å². The zero-order valence-electron chi connectivity index (χ0n) is 15.7. The van der Waals surface area contributed by atoms with Crippen molar-refractivity contribution in [3.05, 3.63) is 99.7 Å². The van der Waals surface area contributed by atoms with Crippen LogP contribution in [-0.4, -0.2) is 18.1 Å². The van der Waals surface area contributed by atoms with Crippen molar-refractivity contribution in [1.82, 2.24) is 0 Å². The van der Waals surface area contributed by atoms with Gasteiger partial charge in [-0.15, -0.1) is 0 Å². The van der Waals surface area contributed by atoms with E-state index in [0.29, 0.717) is 22.4 Å². The summed E-state index contributed by atoms with van der Waals surface area (Å²) in [5.41, 5.74) is 3.36. The summed E-state index contributed by atoms with van der Waals surface area (Å²) in [6.07, 6.45) is 0. The number of carbonyl (C=O) groups excluding carboxylic acids is 2. The van der Waals surface area contributed by atoms with Crippen LogP contribution in [0, 0.1) is 6.92 Å². The van der Waals surface area contributed by atoms with Gasteiger partial charge in [0.1, 0.15) is 5.58 Å². The Morgan fingerprint density at radius 3 is 2.28 bits per heavy atom. The molecule has 0 radical (unpaired) electrons. The molecular formula is C24H18BrNO3. The number of rotatable bonds is 6. The summed E-state index contributed by atoms with van der Waals surface area (Å²) in [4.78, 5) is 25.7. The van der Waals surface area contributed by atoms with E-state index in [0.717, 1.165) is 15.4 Å². The molecule has 0 aliphatic rings. The molecule has 0 amide bonds. The lowest BCUT2D eigenvalue weighted by atomic mass is 10.1. The fourth-order valence-corrected chi connectivity index (χ4v) is 3.39. The lowest BCUT2D eigenvalue weighted by molar-refractivity contribution is 0.0997. The number of aryl methyl sites for hydroxylation is 1. The predicted octanol–water partition coefficient (Wildman–Crippen LogP) is 6.03. The molecule has 0 saturated carbocycles. The van der Waals surface area contributed by atoms with E-state index >= 15 is 0 Å². The molecule has 4 nitrogen and oxygen atoms in total. The van der Waals surface area contributed by atoms with E-state index < -0.39 is 0 Å². The number of anilines is 1. The standard InChI is InChI=1S/C24H18BrNO3/c1-15-6-8-16(9-7-15)20(27)14-26-22-19-4-2-3-5-21(19)29-24(22)23(28)17-10-12-18(25)13-11-17/h2-13,26H,14H2,1H3. The number of hydrogen-bond donors (Lipinski definition) is 1. The molecule has 1 aromatic heterocycles. The van der Waals surface area contributed by atoms with Crippen molar-refractivity contribution in [3.63, 3.8) is 0 Å². The number of para-hydroxylation sites is 1. The van der Waals surface area contributed by atoms with Crippen LogP contribution in [0.2, 0.25) is 0 Å². The molecule has 0 spiro atoms. The quantitative estimate of drug-likeness (QED) is 0.366. The largest absolute Gasteiger partial charge is 0.450 e. The molecular weight excluding hydrogens is 430 g/mol. The number of carbonyl (C=O) groups is 2. The Balaban J connectivity index is 1.66. The van der Waals surface area contributed by atoms with E-state index in [9.17, 15) is 9.59 Å². The van der Waals surface area contributed by atoms with Gasteiger partial charge in [0.2, 0.25) is 5.78 Å². The van der Waals surface area contributed by atoms with E-state index in [1.54, 1.807) is 30.3 Å². The van der Waals surface area contributed by atoms with E-state index in [2.05, 4.69) is 21.2 Å². The number of ketones is 2. The fraction of sp³-hybridized carbons (Fsp3) is 0.0833. The van der Waals surface area contributed by atoms with Gasteiger partial charge in [0.15, 0.2) is 11.5 Å². The van der Waals surface area contributed by atoms with Crippen LogP contribution in [0.5, 0.6) is 0 Å². The first-order valence-electron chi connectivity index (χ1n) is 9.18. The Morgan fingerprint density at radius 1 is 0.897 bits per heavy atom. The molecule has 0 fully saturated rings. The highest BCUT2D eigenvalue weighted by Crippen LogP contribution is 2.32. The van der Waals surface area contributed by atoms with Gasteiger partial charge < -0.3 is 9.73 Å². The predicted molar refractivity (Wildman–Crippen MR) is 118 cm³/mol. The van der Waals surface area contributed by atoms with Gasteiger partial charge in [-0.3, -0.25) is 9.59 Å². The third-order valence-corrected chi connectivity index (χ3v) is 5.24. The number of Topliss-reactive ketones (excluding diaryl/α,β-unsaturated/α-hetero) is 1. The minimum Gasteiger partial charge on any atom is -0.450 e. The number of nitrogens with one attached hydrogen (secondary N) is 1. The summed E-state index contributed by atoms with van der Waals surface area (Å²) in [6.45, 7) is 2.04. The van der Waals surface area contributed by atoms with Crippen LogP contribution in [0.15, 0.2) is 81.7 Å². The third kappa shape index (κ3) is 4.00. The molecule has 4 rings (SSSR count). The second-order valence-corrected chi connectivity index (χ2v) is 7.70. The Labute approximate surface area is 176 Å². The third-order valence-electron chi connectivity index (χ3n) is 4.71. The average Bonchev–Trinajstić information content (AvgIpc) is 3.11. The SMILES string of the molecule is Cc1ccc(C(=O)CNc2c(C(=O)c3ccc(Br)cc3)oc3ccccc23)cc1. The topological polar surface area (TPSA) is 59.3 Å². The van der Waals surface area contributed by atoms with Crippen molar-refractivity contribution in [2.75, 3.05) is 11.9 Å². The van der Waals surface area contributed by atoms with Crippen LogP contribution in [0.1, 0.15) is 32.0 Å². The van der Waals surface area contributed by atoms with Crippen molar-refractivity contribution in [1.29, 1.82) is 0 Å². The van der Waals surface area contributed by atoms with Crippen molar-refractivity contribution in [2.45, 2.75) is 6.92 Å². The minimum atomic E-state index is -0.237. The molecule has 0 aliphatic carbocycles. The molecule has 4 aromatic rings. The highest BCUT2D eigenvalue weighted by atomic mass is 79.9. The number of fused-ring (bicyclic) bond motifs is 1. The maximum absolute atomic E-state index is 13.1. The molecule has 0 saturated heterocycles. The van der Waals surface area contributed by atoms with Gasteiger partial charge in [-0.2, -0.15) is 0 Å². The van der Waals surface area contributed by atoms with Crippen LogP contribution in [0.4, 0.5) is 5.69 Å². The van der Waals surface area contributed by atoms with Crippen molar-refractivity contribution in [2.24, 2.45) is 0 Å². The summed E-state index contributed by atoms with van der Waals surface area (Å²) in [5.74, 6) is -0.0958. The molecule has 3 aromatic carbocycles. The number of furan rings is 1. The maximum atomic E-state index is 13.1. The van der Waals surface area contributed by atoms with Gasteiger partial charge in [0.05, 0.1) is 12.2 Å². The Bertz CT molecular complexity index is 1190. The normalized spacial score (nSPS) is 10.8. The lowest BCUT2D eigenvalue weighted by Crippen LogP contribution is -2.15. The van der Waals surface area contributed by atoms with Crippen LogP contribution in [0.3, 0.4) is 0 Å². The summed E-state index contributed by atoms with van der Waals surface area (Å²) < 4.78 is 6.75. The van der Waals surface area contributed by atoms with E-state index in [1.165, 1.54) is 0 Å². The van der Waals surface area contributed by atoms with Crippen LogP contribution in [-0.2, 0) is 0 Å². The van der Waals surface area contributed by atoms with Gasteiger partial charge in [0, 0.05) is 21.0 Å². The molecule has 5 heteroatoms. The van der Waals surface area contributed by atoms with Gasteiger partial charge in [-0.25, -0.2) is 0 Å². The van der Waals surface area contributed by atoms with Crippen molar-refractivity contribution >= 4 is 44.2 Å². The van der Waals surface area contributed by atoms with Crippen LogP contribution >= 0.6 is 15.9 Å². The van der Waals surface area contributed by atoms with Crippen molar-refractivity contribution in [3.8, 4) is 0 Å². The molecule has 0 unspecified atom stereocenters. The first-order chi connectivity index (χ1) is 14.0. The molecule has 29 heavy (non-hydrogen) atoms. The average molecular weight is 448 g/mol. The first kappa shape index (κ1) is 19.2. The fourth-order valence-electron chi connectivity index (χ4n) is 3.12. The van der Waals surface area contributed by atoms with E-state index in [1.807, 2.05) is 49.4 Å². The Hall–Kier alpha value is -3.18. The number of benzene rings is 3. The maximum Gasteiger partial charge on any atom is 0.230 e. The monoisotopic (exact) mass is 447 g/mol. The summed E-state index contributed by atoms with van der Waals surface area (Å²) in [5, 5.41) is 3.91. The first-order valence-corrected chi connectivity index (χ1v) is 9.98. The molecule has 144 valence electrons. The highest BCUT2D eigenvalue weighted by molar-refractivity contribution is 9.10. The molecule has 0 bridgehead atoms. The zero-order valence-corrected chi connectivity index (χ0v) is 17.3. The lowest BCUT2D eigenvalue weighted by Gasteiger charge is -2.07. The zero-order chi connectivity index (χ0) is 20.4. The summed E-state index contributed by atoms with van der Waals surface area (Å²) in [6, 6.07) is 21.9. The van der Waals surface area contributed by atoms with E-state index in [4.69, 9.17) is 4.42 Å². The summed E-state index contributed by atoms with van der Waals surface area (Å²) in [7, 11) is 0. The number of hydrogen-bond acceptors (Lipinski definition) is 4. The van der Waals surface area contributed by atoms with Crippen LogP contribution in [0.25, 0.3) is 11.0 Å². The second-order valence-electron chi connectivity index (χ2n) is 6.78. The molecule has 0 aliphatic heterocycles. The van der Waals surface area contributed by atoms with Gasteiger partial charge in [-0.05, 0) is 43.3 Å². The Morgan fingerprint density at radius 2 is 1.55 bits per heavy atom. The van der Waals surface area contributed by atoms with Gasteiger partial charge in [-0.1, -0.05) is 57.9 Å². The van der Waals surface area contributed by atoms with E-state index in [-0.39, 0.29) is 23.9 Å².